The number of amides is 1. The second-order valence-corrected chi connectivity index (χ2v) is 9.52. The van der Waals surface area contributed by atoms with Gasteiger partial charge in [0.1, 0.15) is 5.75 Å². The molecule has 1 fully saturated rings. The number of ether oxygens (including phenoxy) is 1. The lowest BCUT2D eigenvalue weighted by Gasteiger charge is -2.30. The molecular weight excluding hydrogens is 457 g/mol. The molecule has 2 aromatic rings. The number of halogens is 4. The number of anilines is 1. The molecule has 3 rings (SSSR count). The van der Waals surface area contributed by atoms with Gasteiger partial charge in [0, 0.05) is 35.8 Å². The lowest BCUT2D eigenvalue weighted by Crippen LogP contribution is -2.41. The minimum Gasteiger partial charge on any atom is -0.406 e. The molecule has 31 heavy (non-hydrogen) atoms. The molecule has 6 nitrogen and oxygen atoms in total. The van der Waals surface area contributed by atoms with Crippen LogP contribution in [0.15, 0.2) is 47.4 Å². The number of rotatable bonds is 5. The fourth-order valence-corrected chi connectivity index (χ4v) is 5.07. The molecule has 11 heteroatoms. The van der Waals surface area contributed by atoms with Gasteiger partial charge in [-0.05, 0) is 55.7 Å². The third kappa shape index (κ3) is 5.90. The molecule has 1 N–H and O–H groups in total. The Kier molecular flexibility index (Phi) is 6.82. The third-order valence-corrected chi connectivity index (χ3v) is 7.08. The number of alkyl halides is 3. The second-order valence-electron chi connectivity index (χ2n) is 7.15. The van der Waals surface area contributed by atoms with Crippen molar-refractivity contribution in [1.82, 2.24) is 4.31 Å². The Balaban J connectivity index is 1.64. The van der Waals surface area contributed by atoms with Crippen molar-refractivity contribution in [3.63, 3.8) is 0 Å². The van der Waals surface area contributed by atoms with E-state index in [0.717, 1.165) is 22.0 Å². The monoisotopic (exact) mass is 476 g/mol. The highest BCUT2D eigenvalue weighted by atomic mass is 35.5. The zero-order chi connectivity index (χ0) is 22.8. The van der Waals surface area contributed by atoms with Crippen molar-refractivity contribution < 1.29 is 31.1 Å². The van der Waals surface area contributed by atoms with E-state index in [9.17, 15) is 26.4 Å². The molecule has 1 heterocycles. The van der Waals surface area contributed by atoms with E-state index in [0.29, 0.717) is 10.7 Å². The normalized spacial score (nSPS) is 16.2. The maximum Gasteiger partial charge on any atom is 0.573 e. The van der Waals surface area contributed by atoms with Gasteiger partial charge in [-0.15, -0.1) is 13.2 Å². The Morgan fingerprint density at radius 1 is 1.16 bits per heavy atom. The first-order valence-corrected chi connectivity index (χ1v) is 11.2. The first kappa shape index (κ1) is 23.4. The molecule has 0 radical (unpaired) electrons. The fourth-order valence-electron chi connectivity index (χ4n) is 3.34. The summed E-state index contributed by atoms with van der Waals surface area (Å²) in [5, 5.41) is 3.39. The van der Waals surface area contributed by atoms with E-state index in [1.807, 2.05) is 6.92 Å². The quantitative estimate of drug-likeness (QED) is 0.685. The Labute approximate surface area is 183 Å². The maximum absolute atomic E-state index is 12.8. The van der Waals surface area contributed by atoms with Crippen molar-refractivity contribution in [2.75, 3.05) is 18.4 Å². The molecule has 0 bridgehead atoms. The predicted octanol–water partition coefficient (Wildman–Crippen LogP) is 4.59. The van der Waals surface area contributed by atoms with Crippen LogP contribution in [0.3, 0.4) is 0 Å². The molecule has 0 unspecified atom stereocenters. The van der Waals surface area contributed by atoms with Crippen molar-refractivity contribution in [3.8, 4) is 5.75 Å². The van der Waals surface area contributed by atoms with Crippen LogP contribution in [0, 0.1) is 12.8 Å². The van der Waals surface area contributed by atoms with E-state index >= 15 is 0 Å². The molecule has 0 spiro atoms. The van der Waals surface area contributed by atoms with E-state index in [1.54, 1.807) is 18.2 Å². The Bertz CT molecular complexity index is 1070. The number of carbonyl (C=O) groups excluding carboxylic acids is 1. The van der Waals surface area contributed by atoms with Gasteiger partial charge in [-0.2, -0.15) is 4.31 Å². The summed E-state index contributed by atoms with van der Waals surface area (Å²) in [6, 6.07) is 9.35. The summed E-state index contributed by atoms with van der Waals surface area (Å²) in [5.74, 6) is -1.22. The predicted molar refractivity (Wildman–Crippen MR) is 109 cm³/mol. The molecule has 0 aromatic heterocycles. The van der Waals surface area contributed by atoms with Gasteiger partial charge in [-0.25, -0.2) is 8.42 Å². The van der Waals surface area contributed by atoms with Crippen LogP contribution in [0.25, 0.3) is 0 Å². The van der Waals surface area contributed by atoms with Crippen LogP contribution in [0.4, 0.5) is 18.9 Å². The van der Waals surface area contributed by atoms with Crippen LogP contribution in [-0.2, 0) is 14.8 Å². The van der Waals surface area contributed by atoms with Gasteiger partial charge in [0.05, 0.1) is 4.90 Å². The van der Waals surface area contributed by atoms with Crippen molar-refractivity contribution in [2.24, 2.45) is 5.92 Å². The van der Waals surface area contributed by atoms with Gasteiger partial charge < -0.3 is 10.1 Å². The smallest absolute Gasteiger partial charge is 0.406 e. The number of hydrogen-bond donors (Lipinski definition) is 1. The standard InChI is InChI=1S/C20H20ClF3N2O4S/c1-13-11-15(21)5-6-18(13)25-19(27)14-7-9-26(10-8-14)31(28,29)17-4-2-3-16(12-17)30-20(22,23)24/h2-6,11-12,14H,7-10H2,1H3,(H,25,27). The topological polar surface area (TPSA) is 75.7 Å². The molecule has 168 valence electrons. The van der Waals surface area contributed by atoms with Crippen molar-refractivity contribution >= 4 is 33.2 Å². The minimum absolute atomic E-state index is 0.0738. The summed E-state index contributed by atoms with van der Waals surface area (Å²) >= 11 is 5.91. The molecule has 1 saturated heterocycles. The number of nitrogens with zero attached hydrogens (tertiary/aromatic N) is 1. The zero-order valence-electron chi connectivity index (χ0n) is 16.4. The van der Waals surface area contributed by atoms with Crippen LogP contribution < -0.4 is 10.1 Å². The second kappa shape index (κ2) is 9.05. The maximum atomic E-state index is 12.8. The lowest BCUT2D eigenvalue weighted by molar-refractivity contribution is -0.274. The van der Waals surface area contributed by atoms with Crippen molar-refractivity contribution in [2.45, 2.75) is 31.0 Å². The van der Waals surface area contributed by atoms with E-state index < -0.39 is 22.1 Å². The highest BCUT2D eigenvalue weighted by Crippen LogP contribution is 2.29. The largest absolute Gasteiger partial charge is 0.573 e. The number of piperidine rings is 1. The summed E-state index contributed by atoms with van der Waals surface area (Å²) in [4.78, 5) is 12.3. The average molecular weight is 477 g/mol. The molecule has 0 saturated carbocycles. The molecule has 1 amide bonds. The van der Waals surface area contributed by atoms with Crippen LogP contribution in [0.5, 0.6) is 5.75 Å². The van der Waals surface area contributed by atoms with Crippen molar-refractivity contribution in [1.29, 1.82) is 0 Å². The van der Waals surface area contributed by atoms with Gasteiger partial charge in [0.25, 0.3) is 0 Å². The average Bonchev–Trinajstić information content (AvgIpc) is 2.69. The third-order valence-electron chi connectivity index (χ3n) is 4.95. The summed E-state index contributed by atoms with van der Waals surface area (Å²) in [7, 11) is -4.02. The molecule has 1 aliphatic rings. The number of benzene rings is 2. The first-order chi connectivity index (χ1) is 14.5. The number of nitrogens with one attached hydrogen (secondary N) is 1. The van der Waals surface area contributed by atoms with Gasteiger partial charge in [-0.1, -0.05) is 17.7 Å². The van der Waals surface area contributed by atoms with E-state index in [2.05, 4.69) is 10.1 Å². The van der Waals surface area contributed by atoms with Crippen LogP contribution in [0.2, 0.25) is 5.02 Å². The van der Waals surface area contributed by atoms with Crippen LogP contribution >= 0.6 is 11.6 Å². The number of sulfonamides is 1. The number of hydrogen-bond acceptors (Lipinski definition) is 4. The summed E-state index contributed by atoms with van der Waals surface area (Å²) in [6.45, 7) is 1.96. The number of aryl methyl sites for hydroxylation is 1. The zero-order valence-corrected chi connectivity index (χ0v) is 18.0. The lowest BCUT2D eigenvalue weighted by atomic mass is 9.97. The number of carbonyl (C=O) groups is 1. The van der Waals surface area contributed by atoms with Crippen LogP contribution in [-0.4, -0.2) is 38.1 Å². The Morgan fingerprint density at radius 2 is 1.84 bits per heavy atom. The van der Waals surface area contributed by atoms with Gasteiger partial charge in [0.2, 0.25) is 15.9 Å². The van der Waals surface area contributed by atoms with E-state index in [1.165, 1.54) is 12.1 Å². The van der Waals surface area contributed by atoms with Crippen LogP contribution in [0.1, 0.15) is 18.4 Å². The van der Waals surface area contributed by atoms with Gasteiger partial charge in [-0.3, -0.25) is 4.79 Å². The summed E-state index contributed by atoms with van der Waals surface area (Å²) in [6.07, 6.45) is -4.34. The summed E-state index contributed by atoms with van der Waals surface area (Å²) < 4.78 is 67.9. The van der Waals surface area contributed by atoms with Crippen molar-refractivity contribution in [3.05, 3.63) is 53.1 Å². The fraction of sp³-hybridized carbons (Fsp3) is 0.350. The molecule has 0 atom stereocenters. The summed E-state index contributed by atoms with van der Waals surface area (Å²) in [5.41, 5.74) is 1.44. The highest BCUT2D eigenvalue weighted by molar-refractivity contribution is 7.89. The van der Waals surface area contributed by atoms with E-state index in [4.69, 9.17) is 11.6 Å². The minimum atomic E-state index is -4.92. The van der Waals surface area contributed by atoms with E-state index in [-0.39, 0.29) is 42.7 Å². The SMILES string of the molecule is Cc1cc(Cl)ccc1NC(=O)C1CCN(S(=O)(=O)c2cccc(OC(F)(F)F)c2)CC1. The molecule has 0 aliphatic carbocycles. The highest BCUT2D eigenvalue weighted by Gasteiger charge is 2.34. The molecular formula is C20H20ClF3N2O4S. The Hall–Kier alpha value is -2.30. The van der Waals surface area contributed by atoms with Gasteiger partial charge >= 0.3 is 6.36 Å². The first-order valence-electron chi connectivity index (χ1n) is 9.39. The molecule has 2 aromatic carbocycles. The Morgan fingerprint density at radius 3 is 2.45 bits per heavy atom. The molecule has 1 aliphatic heterocycles. The van der Waals surface area contributed by atoms with Gasteiger partial charge in [0.15, 0.2) is 0 Å².